The van der Waals surface area contributed by atoms with Gasteiger partial charge in [-0.2, -0.15) is 0 Å². The van der Waals surface area contributed by atoms with Gasteiger partial charge in [-0.1, -0.05) is 6.07 Å². The van der Waals surface area contributed by atoms with E-state index in [1.165, 1.54) is 23.8 Å². The van der Waals surface area contributed by atoms with Crippen molar-refractivity contribution in [2.24, 2.45) is 0 Å². The summed E-state index contributed by atoms with van der Waals surface area (Å²) in [6.45, 7) is 3.50. The van der Waals surface area contributed by atoms with Crippen LogP contribution in [0.5, 0.6) is 0 Å². The number of aryl methyl sites for hydroxylation is 1. The molecule has 4 heteroatoms. The first-order valence-electron chi connectivity index (χ1n) is 6.65. The van der Waals surface area contributed by atoms with Gasteiger partial charge in [0, 0.05) is 23.2 Å². The van der Waals surface area contributed by atoms with E-state index in [1.54, 1.807) is 6.07 Å². The van der Waals surface area contributed by atoms with Crippen molar-refractivity contribution in [1.82, 2.24) is 4.90 Å². The predicted molar refractivity (Wildman–Crippen MR) is 76.3 cm³/mol. The van der Waals surface area contributed by atoms with Crippen LogP contribution in [0.25, 0.3) is 10.1 Å². The highest BCUT2D eigenvalue weighted by molar-refractivity contribution is 7.21. The number of hydrogen-bond acceptors (Lipinski definition) is 2. The van der Waals surface area contributed by atoms with Gasteiger partial charge in [-0.05, 0) is 43.9 Å². The Morgan fingerprint density at radius 3 is 2.68 bits per heavy atom. The van der Waals surface area contributed by atoms with Crippen LogP contribution < -0.4 is 0 Å². The fourth-order valence-corrected chi connectivity index (χ4v) is 3.89. The summed E-state index contributed by atoms with van der Waals surface area (Å²) in [5, 5.41) is 0.604. The number of nitrogens with zero attached hydrogens (tertiary/aromatic N) is 1. The van der Waals surface area contributed by atoms with Crippen LogP contribution in [0.3, 0.4) is 0 Å². The van der Waals surface area contributed by atoms with E-state index in [-0.39, 0.29) is 11.7 Å². The maximum Gasteiger partial charge on any atom is 0.264 e. The second kappa shape index (κ2) is 4.93. The first kappa shape index (κ1) is 12.6. The van der Waals surface area contributed by atoms with E-state index in [1.807, 2.05) is 17.9 Å². The molecular weight excluding hydrogens is 261 g/mol. The average Bonchev–Trinajstić information content (AvgIpc) is 2.78. The molecule has 0 saturated carbocycles. The molecule has 0 bridgehead atoms. The van der Waals surface area contributed by atoms with Crippen molar-refractivity contribution in [3.63, 3.8) is 0 Å². The van der Waals surface area contributed by atoms with Crippen molar-refractivity contribution >= 4 is 27.3 Å². The molecule has 1 aromatic carbocycles. The topological polar surface area (TPSA) is 20.3 Å². The smallest absolute Gasteiger partial charge is 0.264 e. The third-order valence-corrected chi connectivity index (χ3v) is 4.99. The number of carbonyl (C=O) groups excluding carboxylic acids is 1. The van der Waals surface area contributed by atoms with E-state index < -0.39 is 0 Å². The van der Waals surface area contributed by atoms with Gasteiger partial charge in [0.15, 0.2) is 0 Å². The Bertz CT molecular complexity index is 628. The SMILES string of the molecule is Cc1c(C(=O)N2CCCCC2)sc2cccc(F)c12. The maximum absolute atomic E-state index is 13.8. The Morgan fingerprint density at radius 1 is 1.26 bits per heavy atom. The van der Waals surface area contributed by atoms with Crippen LogP contribution in [-0.2, 0) is 0 Å². The van der Waals surface area contributed by atoms with E-state index in [2.05, 4.69) is 0 Å². The molecule has 0 atom stereocenters. The summed E-state index contributed by atoms with van der Waals surface area (Å²) in [4.78, 5) is 15.1. The number of rotatable bonds is 1. The van der Waals surface area contributed by atoms with Crippen LogP contribution in [0.15, 0.2) is 18.2 Å². The molecule has 2 aromatic rings. The number of thiophene rings is 1. The molecule has 1 amide bonds. The van der Waals surface area contributed by atoms with Crippen molar-refractivity contribution in [2.45, 2.75) is 26.2 Å². The van der Waals surface area contributed by atoms with Crippen LogP contribution in [0.2, 0.25) is 0 Å². The minimum atomic E-state index is -0.232. The summed E-state index contributed by atoms with van der Waals surface area (Å²) >= 11 is 1.41. The largest absolute Gasteiger partial charge is 0.338 e. The van der Waals surface area contributed by atoms with E-state index in [4.69, 9.17) is 0 Å². The summed E-state index contributed by atoms with van der Waals surface area (Å²) in [6.07, 6.45) is 3.35. The fraction of sp³-hybridized carbons (Fsp3) is 0.400. The third-order valence-electron chi connectivity index (χ3n) is 3.74. The Kier molecular flexibility index (Phi) is 3.27. The van der Waals surface area contributed by atoms with Gasteiger partial charge in [0.25, 0.3) is 5.91 Å². The van der Waals surface area contributed by atoms with Crippen molar-refractivity contribution in [1.29, 1.82) is 0 Å². The zero-order chi connectivity index (χ0) is 13.4. The molecule has 0 N–H and O–H groups in total. The number of amides is 1. The van der Waals surface area contributed by atoms with Gasteiger partial charge >= 0.3 is 0 Å². The number of halogens is 1. The monoisotopic (exact) mass is 277 g/mol. The number of hydrogen-bond donors (Lipinski definition) is 0. The molecule has 1 aromatic heterocycles. The first-order valence-corrected chi connectivity index (χ1v) is 7.47. The molecule has 2 heterocycles. The molecule has 100 valence electrons. The average molecular weight is 277 g/mol. The molecule has 2 nitrogen and oxygen atoms in total. The zero-order valence-electron chi connectivity index (χ0n) is 10.9. The lowest BCUT2D eigenvalue weighted by molar-refractivity contribution is 0.0728. The normalized spacial score (nSPS) is 16.0. The van der Waals surface area contributed by atoms with Crippen LogP contribution in [0, 0.1) is 12.7 Å². The molecule has 1 saturated heterocycles. The lowest BCUT2D eigenvalue weighted by atomic mass is 10.1. The van der Waals surface area contributed by atoms with Gasteiger partial charge in [-0.25, -0.2) is 4.39 Å². The van der Waals surface area contributed by atoms with Crippen molar-refractivity contribution < 1.29 is 9.18 Å². The van der Waals surface area contributed by atoms with E-state index in [0.29, 0.717) is 10.3 Å². The van der Waals surface area contributed by atoms with Gasteiger partial charge in [-0.15, -0.1) is 11.3 Å². The predicted octanol–water partition coefficient (Wildman–Crippen LogP) is 3.97. The Morgan fingerprint density at radius 2 is 2.00 bits per heavy atom. The van der Waals surface area contributed by atoms with Gasteiger partial charge in [0.1, 0.15) is 5.82 Å². The lowest BCUT2D eigenvalue weighted by Crippen LogP contribution is -2.35. The van der Waals surface area contributed by atoms with Crippen molar-refractivity contribution in [3.05, 3.63) is 34.5 Å². The molecular formula is C15H16FNOS. The molecule has 0 spiro atoms. The van der Waals surface area contributed by atoms with Gasteiger partial charge in [0.2, 0.25) is 0 Å². The summed E-state index contributed by atoms with van der Waals surface area (Å²) < 4.78 is 14.7. The lowest BCUT2D eigenvalue weighted by Gasteiger charge is -2.26. The van der Waals surface area contributed by atoms with Gasteiger partial charge < -0.3 is 4.90 Å². The number of piperidine rings is 1. The van der Waals surface area contributed by atoms with Gasteiger partial charge in [0.05, 0.1) is 4.88 Å². The molecule has 3 rings (SSSR count). The number of carbonyl (C=O) groups is 1. The second-order valence-electron chi connectivity index (χ2n) is 5.02. The number of likely N-dealkylation sites (tertiary alicyclic amines) is 1. The molecule has 0 unspecified atom stereocenters. The van der Waals surface area contributed by atoms with Gasteiger partial charge in [-0.3, -0.25) is 4.79 Å². The highest BCUT2D eigenvalue weighted by Gasteiger charge is 2.23. The van der Waals surface area contributed by atoms with Crippen LogP contribution in [0.4, 0.5) is 4.39 Å². The quantitative estimate of drug-likeness (QED) is 0.772. The first-order chi connectivity index (χ1) is 9.18. The third kappa shape index (κ3) is 2.14. The second-order valence-corrected chi connectivity index (χ2v) is 6.07. The Labute approximate surface area is 115 Å². The molecule has 0 aliphatic carbocycles. The van der Waals surface area contributed by atoms with Crippen LogP contribution >= 0.6 is 11.3 Å². The van der Waals surface area contributed by atoms with E-state index >= 15 is 0 Å². The Hall–Kier alpha value is -1.42. The molecule has 0 radical (unpaired) electrons. The summed E-state index contributed by atoms with van der Waals surface area (Å²) in [5.41, 5.74) is 0.786. The van der Waals surface area contributed by atoms with Crippen molar-refractivity contribution in [2.75, 3.05) is 13.1 Å². The minimum absolute atomic E-state index is 0.0674. The standard InChI is InChI=1S/C15H16FNOS/c1-10-13-11(16)6-5-7-12(13)19-14(10)15(18)17-8-3-2-4-9-17/h5-7H,2-4,8-9H2,1H3. The summed E-state index contributed by atoms with van der Waals surface area (Å²) in [6, 6.07) is 5.03. The molecule has 1 fully saturated rings. The fourth-order valence-electron chi connectivity index (χ4n) is 2.70. The summed E-state index contributed by atoms with van der Waals surface area (Å²) in [7, 11) is 0. The van der Waals surface area contributed by atoms with E-state index in [0.717, 1.165) is 36.2 Å². The van der Waals surface area contributed by atoms with Crippen LogP contribution in [-0.4, -0.2) is 23.9 Å². The number of benzene rings is 1. The number of fused-ring (bicyclic) bond motifs is 1. The van der Waals surface area contributed by atoms with Crippen LogP contribution in [0.1, 0.15) is 34.5 Å². The molecule has 1 aliphatic heterocycles. The van der Waals surface area contributed by atoms with Crippen molar-refractivity contribution in [3.8, 4) is 0 Å². The highest BCUT2D eigenvalue weighted by Crippen LogP contribution is 2.33. The maximum atomic E-state index is 13.8. The Balaban J connectivity index is 2.03. The molecule has 19 heavy (non-hydrogen) atoms. The summed E-state index contributed by atoms with van der Waals surface area (Å²) in [5.74, 6) is -0.165. The highest BCUT2D eigenvalue weighted by atomic mass is 32.1. The van der Waals surface area contributed by atoms with E-state index in [9.17, 15) is 9.18 Å². The molecule has 1 aliphatic rings. The minimum Gasteiger partial charge on any atom is -0.338 e. The zero-order valence-corrected chi connectivity index (χ0v) is 11.7.